The van der Waals surface area contributed by atoms with Gasteiger partial charge < -0.3 is 29.2 Å². The molecule has 3 heterocycles. The number of fused-ring (bicyclic) bond motifs is 1. The lowest BCUT2D eigenvalue weighted by Gasteiger charge is -2.36. The topological polar surface area (TPSA) is 129 Å². The Labute approximate surface area is 256 Å². The van der Waals surface area contributed by atoms with E-state index in [0.717, 1.165) is 22.3 Å². The molecular formula is C31H25Cl2N3O7. The van der Waals surface area contributed by atoms with Crippen LogP contribution in [0.1, 0.15) is 72.1 Å². The van der Waals surface area contributed by atoms with Crippen LogP contribution < -0.4 is 5.32 Å². The van der Waals surface area contributed by atoms with E-state index in [1.54, 1.807) is 10.9 Å². The molecule has 1 amide bonds. The lowest BCUT2D eigenvalue weighted by atomic mass is 10.00. The number of nitrogens with zero attached hydrogens (tertiary/aromatic N) is 2. The molecule has 0 aliphatic carbocycles. The highest BCUT2D eigenvalue weighted by atomic mass is 35.5. The lowest BCUT2D eigenvalue weighted by Crippen LogP contribution is -2.32. The van der Waals surface area contributed by atoms with E-state index in [2.05, 4.69) is 15.0 Å². The number of aliphatic hydroxyl groups is 1. The van der Waals surface area contributed by atoms with Crippen molar-refractivity contribution < 1.29 is 33.7 Å². The molecule has 3 aromatic carbocycles. The molecule has 2 aliphatic rings. The maximum Gasteiger partial charge on any atom is 0.346 e. The third-order valence-corrected chi connectivity index (χ3v) is 8.13. The molecule has 10 nitrogen and oxygen atoms in total. The summed E-state index contributed by atoms with van der Waals surface area (Å²) in [5.74, 6) is -1.87. The highest BCUT2D eigenvalue weighted by Gasteiger charge is 2.33. The summed E-state index contributed by atoms with van der Waals surface area (Å²) in [4.78, 5) is 40.3. The minimum atomic E-state index is -0.763. The number of rotatable bonds is 8. The number of hydrogen-bond acceptors (Lipinski definition) is 8. The fraction of sp³-hybridized carbons (Fsp3) is 0.226. The van der Waals surface area contributed by atoms with Gasteiger partial charge >= 0.3 is 11.9 Å². The molecule has 2 aliphatic heterocycles. The molecule has 1 saturated heterocycles. The van der Waals surface area contributed by atoms with Gasteiger partial charge in [0.1, 0.15) is 5.15 Å². The van der Waals surface area contributed by atoms with Crippen LogP contribution in [0.25, 0.3) is 0 Å². The second-order valence-corrected chi connectivity index (χ2v) is 10.9. The average molecular weight is 622 g/mol. The molecule has 0 radical (unpaired) electrons. The van der Waals surface area contributed by atoms with Gasteiger partial charge in [-0.15, -0.1) is 0 Å². The Bertz CT molecular complexity index is 1690. The van der Waals surface area contributed by atoms with Crippen LogP contribution in [-0.2, 0) is 33.9 Å². The number of carbonyl (C=O) groups excluding carboxylic acids is 3. The predicted molar refractivity (Wildman–Crippen MR) is 154 cm³/mol. The molecule has 1 unspecified atom stereocenters. The summed E-state index contributed by atoms with van der Waals surface area (Å²) < 4.78 is 19.0. The van der Waals surface area contributed by atoms with E-state index in [1.807, 2.05) is 48.5 Å². The van der Waals surface area contributed by atoms with Gasteiger partial charge in [-0.25, -0.2) is 14.6 Å². The third-order valence-electron chi connectivity index (χ3n) is 7.36. The molecule has 4 aromatic rings. The number of amides is 1. The first-order valence-corrected chi connectivity index (χ1v) is 14.2. The number of nitrogens with one attached hydrogen (secondary N) is 1. The van der Waals surface area contributed by atoms with E-state index < -0.39 is 24.1 Å². The molecule has 3 atom stereocenters. The summed E-state index contributed by atoms with van der Waals surface area (Å²) in [5.41, 5.74) is 3.84. The second-order valence-electron chi connectivity index (χ2n) is 10.2. The minimum absolute atomic E-state index is 0.0458. The molecule has 12 heteroatoms. The van der Waals surface area contributed by atoms with E-state index in [-0.39, 0.29) is 47.2 Å². The predicted octanol–water partition coefficient (Wildman–Crippen LogP) is 5.17. The van der Waals surface area contributed by atoms with Gasteiger partial charge in [-0.1, -0.05) is 71.7 Å². The molecular weight excluding hydrogens is 597 g/mol. The van der Waals surface area contributed by atoms with E-state index in [9.17, 15) is 19.5 Å². The Morgan fingerprint density at radius 3 is 2.33 bits per heavy atom. The van der Waals surface area contributed by atoms with Crippen molar-refractivity contribution in [2.45, 2.75) is 44.6 Å². The maximum absolute atomic E-state index is 12.7. The zero-order chi connectivity index (χ0) is 30.1. The van der Waals surface area contributed by atoms with E-state index in [4.69, 9.17) is 32.7 Å². The molecule has 0 spiro atoms. The normalized spacial score (nSPS) is 19.7. The zero-order valence-electron chi connectivity index (χ0n) is 22.5. The standard InChI is InChI=1S/C31H25Cl2N3O7/c32-26-27(33)36(16-35-26)14-22-12-25(19-5-3-18(15-37)4-6-19)42-31(41-22)20-7-1-17(2-8-20)13-34-28(38)21-9-10-23-24(11-21)30(40)43-29(23)39/h1-11,16,22,25,31,37H,12-15H2,(H,34,38)/t22-,25+,31?/m0/s1. The Hall–Kier alpha value is -4.06. The Balaban J connectivity index is 1.15. The summed E-state index contributed by atoms with van der Waals surface area (Å²) in [6, 6.07) is 19.3. The number of hydrogen-bond donors (Lipinski definition) is 2. The third kappa shape index (κ3) is 6.20. The van der Waals surface area contributed by atoms with E-state index in [0.29, 0.717) is 18.1 Å². The van der Waals surface area contributed by atoms with Crippen LogP contribution in [-0.4, -0.2) is 38.6 Å². The highest BCUT2D eigenvalue weighted by Crippen LogP contribution is 2.39. The molecule has 220 valence electrons. The molecule has 43 heavy (non-hydrogen) atoms. The van der Waals surface area contributed by atoms with Crippen LogP contribution in [0.2, 0.25) is 10.3 Å². The molecule has 0 saturated carbocycles. The number of aromatic nitrogens is 2. The van der Waals surface area contributed by atoms with Gasteiger partial charge in [0.25, 0.3) is 5.91 Å². The number of aliphatic hydroxyl groups excluding tert-OH is 1. The van der Waals surface area contributed by atoms with Gasteiger partial charge in [0.2, 0.25) is 0 Å². The van der Waals surface area contributed by atoms with Crippen LogP contribution in [0, 0.1) is 0 Å². The van der Waals surface area contributed by atoms with Crippen molar-refractivity contribution in [3.8, 4) is 0 Å². The van der Waals surface area contributed by atoms with Crippen molar-refractivity contribution in [1.29, 1.82) is 0 Å². The summed E-state index contributed by atoms with van der Waals surface area (Å²) >= 11 is 12.4. The van der Waals surface area contributed by atoms with Crippen LogP contribution in [0.15, 0.2) is 73.1 Å². The molecule has 1 fully saturated rings. The number of benzene rings is 3. The van der Waals surface area contributed by atoms with Gasteiger partial charge in [0.05, 0.1) is 42.8 Å². The van der Waals surface area contributed by atoms with E-state index in [1.165, 1.54) is 18.2 Å². The largest absolute Gasteiger partial charge is 0.392 e. The Kier molecular flexibility index (Phi) is 8.29. The number of carbonyl (C=O) groups is 3. The van der Waals surface area contributed by atoms with E-state index >= 15 is 0 Å². The first-order chi connectivity index (χ1) is 20.8. The van der Waals surface area contributed by atoms with Crippen LogP contribution in [0.5, 0.6) is 0 Å². The van der Waals surface area contributed by atoms with Crippen LogP contribution in [0.4, 0.5) is 0 Å². The lowest BCUT2D eigenvalue weighted by molar-refractivity contribution is -0.252. The Morgan fingerprint density at radius 2 is 1.63 bits per heavy atom. The number of cyclic esters (lactones) is 2. The van der Waals surface area contributed by atoms with Gasteiger partial charge in [0, 0.05) is 24.1 Å². The fourth-order valence-electron chi connectivity index (χ4n) is 5.03. The zero-order valence-corrected chi connectivity index (χ0v) is 24.0. The Morgan fingerprint density at radius 1 is 0.930 bits per heavy atom. The number of halogens is 2. The van der Waals surface area contributed by atoms with Crippen molar-refractivity contribution in [2.75, 3.05) is 0 Å². The molecule has 1 aromatic heterocycles. The first-order valence-electron chi connectivity index (χ1n) is 13.4. The monoisotopic (exact) mass is 621 g/mol. The second kappa shape index (κ2) is 12.3. The molecule has 2 N–H and O–H groups in total. The summed E-state index contributed by atoms with van der Waals surface area (Å²) in [6.07, 6.45) is 0.882. The molecule has 6 rings (SSSR count). The van der Waals surface area contributed by atoms with Crippen molar-refractivity contribution in [3.63, 3.8) is 0 Å². The SMILES string of the molecule is O=C(NCc1ccc(C2O[C@H](Cn3cnc(Cl)c3Cl)C[C@H](c3ccc(CO)cc3)O2)cc1)c1ccc2c(c1)C(=O)OC2=O. The van der Waals surface area contributed by atoms with Gasteiger partial charge in [-0.05, 0) is 34.9 Å². The highest BCUT2D eigenvalue weighted by molar-refractivity contribution is 6.40. The average Bonchev–Trinajstić information content (AvgIpc) is 3.51. The van der Waals surface area contributed by atoms with Gasteiger partial charge in [-0.3, -0.25) is 4.79 Å². The van der Waals surface area contributed by atoms with Crippen molar-refractivity contribution in [1.82, 2.24) is 14.9 Å². The number of esters is 2. The van der Waals surface area contributed by atoms with Crippen molar-refractivity contribution >= 4 is 41.0 Å². The van der Waals surface area contributed by atoms with Gasteiger partial charge in [0.15, 0.2) is 11.4 Å². The smallest absolute Gasteiger partial charge is 0.346 e. The van der Waals surface area contributed by atoms with Crippen LogP contribution >= 0.6 is 23.2 Å². The van der Waals surface area contributed by atoms with Gasteiger partial charge in [-0.2, -0.15) is 0 Å². The quantitative estimate of drug-likeness (QED) is 0.204. The number of imidazole rings is 1. The summed E-state index contributed by atoms with van der Waals surface area (Å²) in [6.45, 7) is 0.604. The van der Waals surface area contributed by atoms with Crippen molar-refractivity contribution in [2.24, 2.45) is 0 Å². The minimum Gasteiger partial charge on any atom is -0.392 e. The summed E-state index contributed by atoms with van der Waals surface area (Å²) in [7, 11) is 0. The summed E-state index contributed by atoms with van der Waals surface area (Å²) in [5, 5.41) is 12.8. The van der Waals surface area contributed by atoms with Crippen LogP contribution in [0.3, 0.4) is 0 Å². The molecule has 0 bridgehead atoms. The maximum atomic E-state index is 12.7. The number of ether oxygens (including phenoxy) is 3. The first kappa shape index (κ1) is 29.0. The van der Waals surface area contributed by atoms with Crippen molar-refractivity contribution in [3.05, 3.63) is 122 Å². The fourth-order valence-corrected chi connectivity index (χ4v) is 5.34.